The minimum atomic E-state index is 0.0497. The Balaban J connectivity index is 2.72. The van der Waals surface area contributed by atoms with Crippen molar-refractivity contribution < 1.29 is 9.90 Å². The Morgan fingerprint density at radius 3 is 2.70 bits per heavy atom. The van der Waals surface area contributed by atoms with Crippen molar-refractivity contribution in [3.8, 4) is 0 Å². The summed E-state index contributed by atoms with van der Waals surface area (Å²) in [6, 6.07) is 5.91. The summed E-state index contributed by atoms with van der Waals surface area (Å²) in [6.07, 6.45) is 2.67. The average Bonchev–Trinajstić information content (AvgIpc) is 2.44. The number of anilines is 1. The van der Waals surface area contributed by atoms with Gasteiger partial charge in [0.1, 0.15) is 0 Å². The third kappa shape index (κ3) is 4.85. The molecule has 1 rings (SSSR count). The Morgan fingerprint density at radius 1 is 1.30 bits per heavy atom. The van der Waals surface area contributed by atoms with Crippen LogP contribution in [0, 0.1) is 6.92 Å². The Hall–Kier alpha value is -1.55. The van der Waals surface area contributed by atoms with Crippen molar-refractivity contribution in [2.75, 3.05) is 32.1 Å². The third-order valence-electron chi connectivity index (χ3n) is 3.27. The average molecular weight is 278 g/mol. The molecule has 20 heavy (non-hydrogen) atoms. The van der Waals surface area contributed by atoms with Crippen molar-refractivity contribution in [3.05, 3.63) is 29.3 Å². The molecule has 0 aromatic heterocycles. The molecule has 0 radical (unpaired) electrons. The summed E-state index contributed by atoms with van der Waals surface area (Å²) in [5, 5.41) is 12.0. The smallest absolute Gasteiger partial charge is 0.255 e. The minimum absolute atomic E-state index is 0.0497. The first-order valence-electron chi connectivity index (χ1n) is 7.31. The van der Waals surface area contributed by atoms with Crippen molar-refractivity contribution in [2.45, 2.75) is 33.1 Å². The lowest BCUT2D eigenvalue weighted by molar-refractivity contribution is 0.0793. The predicted octanol–water partition coefficient (Wildman–Crippen LogP) is 2.66. The number of nitrogens with zero attached hydrogens (tertiary/aromatic N) is 1. The van der Waals surface area contributed by atoms with Crippen LogP contribution in [-0.2, 0) is 0 Å². The van der Waals surface area contributed by atoms with Gasteiger partial charge in [-0.25, -0.2) is 0 Å². The highest BCUT2D eigenvalue weighted by molar-refractivity contribution is 5.99. The van der Waals surface area contributed by atoms with Crippen LogP contribution >= 0.6 is 0 Å². The van der Waals surface area contributed by atoms with Gasteiger partial charge >= 0.3 is 0 Å². The largest absolute Gasteiger partial charge is 0.396 e. The highest BCUT2D eigenvalue weighted by Crippen LogP contribution is 2.19. The summed E-state index contributed by atoms with van der Waals surface area (Å²) in [4.78, 5) is 14.2. The van der Waals surface area contributed by atoms with Gasteiger partial charge in [-0.3, -0.25) is 4.79 Å². The van der Waals surface area contributed by atoms with Gasteiger partial charge in [0.15, 0.2) is 0 Å². The van der Waals surface area contributed by atoms with Crippen LogP contribution in [0.1, 0.15) is 42.1 Å². The number of aryl methyl sites for hydroxylation is 1. The maximum atomic E-state index is 12.5. The Labute approximate surface area is 121 Å². The summed E-state index contributed by atoms with van der Waals surface area (Å²) in [5.74, 6) is 0.0497. The fourth-order valence-corrected chi connectivity index (χ4v) is 2.12. The Kier molecular flexibility index (Phi) is 7.09. The molecule has 1 aromatic carbocycles. The van der Waals surface area contributed by atoms with Crippen LogP contribution in [0.5, 0.6) is 0 Å². The normalized spacial score (nSPS) is 10.4. The van der Waals surface area contributed by atoms with Crippen molar-refractivity contribution in [2.24, 2.45) is 0 Å². The van der Waals surface area contributed by atoms with Crippen molar-refractivity contribution in [1.29, 1.82) is 0 Å². The fraction of sp³-hybridized carbons (Fsp3) is 0.562. The number of hydrogen-bond donors (Lipinski definition) is 2. The lowest BCUT2D eigenvalue weighted by Crippen LogP contribution is -2.28. The Morgan fingerprint density at radius 2 is 2.05 bits per heavy atom. The Bertz CT molecular complexity index is 432. The van der Waals surface area contributed by atoms with Gasteiger partial charge in [0.25, 0.3) is 5.91 Å². The first-order chi connectivity index (χ1) is 9.60. The molecule has 4 heteroatoms. The number of benzene rings is 1. The first-order valence-corrected chi connectivity index (χ1v) is 7.31. The monoisotopic (exact) mass is 278 g/mol. The molecule has 0 aliphatic rings. The summed E-state index contributed by atoms with van der Waals surface area (Å²) < 4.78 is 0. The number of amides is 1. The van der Waals surface area contributed by atoms with Crippen LogP contribution in [0.2, 0.25) is 0 Å². The van der Waals surface area contributed by atoms with Crippen LogP contribution < -0.4 is 5.32 Å². The van der Waals surface area contributed by atoms with E-state index >= 15 is 0 Å². The molecular weight excluding hydrogens is 252 g/mol. The molecule has 0 unspecified atom stereocenters. The highest BCUT2D eigenvalue weighted by Gasteiger charge is 2.15. The molecule has 0 bridgehead atoms. The number of carbonyl (C=O) groups excluding carboxylic acids is 1. The molecule has 4 nitrogen and oxygen atoms in total. The molecule has 0 aliphatic heterocycles. The molecular formula is C16H26N2O2. The van der Waals surface area contributed by atoms with Gasteiger partial charge in [-0.15, -0.1) is 0 Å². The zero-order valence-corrected chi connectivity index (χ0v) is 12.8. The fourth-order valence-electron chi connectivity index (χ4n) is 2.12. The highest BCUT2D eigenvalue weighted by atomic mass is 16.2. The van der Waals surface area contributed by atoms with Gasteiger partial charge in [-0.1, -0.05) is 11.6 Å². The standard InChI is InChI=1S/C16H26N2O2/c1-4-17-15-9-8-13(2)12-14(15)16(20)18(3)10-6-5-7-11-19/h8-9,12,17,19H,4-7,10-11H2,1-3H3. The van der Waals surface area contributed by atoms with Crippen LogP contribution in [0.25, 0.3) is 0 Å². The van der Waals surface area contributed by atoms with E-state index in [2.05, 4.69) is 5.32 Å². The second-order valence-corrected chi connectivity index (χ2v) is 5.09. The summed E-state index contributed by atoms with van der Waals surface area (Å²) in [6.45, 7) is 5.75. The number of aliphatic hydroxyl groups excluding tert-OH is 1. The molecule has 2 N–H and O–H groups in total. The van der Waals surface area contributed by atoms with Crippen molar-refractivity contribution in [3.63, 3.8) is 0 Å². The number of carbonyl (C=O) groups is 1. The molecule has 0 spiro atoms. The van der Waals surface area contributed by atoms with E-state index in [1.807, 2.05) is 39.1 Å². The summed E-state index contributed by atoms with van der Waals surface area (Å²) in [5.41, 5.74) is 2.71. The number of aliphatic hydroxyl groups is 1. The molecule has 1 aromatic rings. The van der Waals surface area contributed by atoms with Crippen molar-refractivity contribution >= 4 is 11.6 Å². The minimum Gasteiger partial charge on any atom is -0.396 e. The van der Waals surface area contributed by atoms with E-state index in [0.29, 0.717) is 0 Å². The molecule has 0 fully saturated rings. The van der Waals surface area contributed by atoms with E-state index in [1.165, 1.54) is 0 Å². The quantitative estimate of drug-likeness (QED) is 0.719. The van der Waals surface area contributed by atoms with Gasteiger partial charge in [0.2, 0.25) is 0 Å². The van der Waals surface area contributed by atoms with Crippen LogP contribution in [0.4, 0.5) is 5.69 Å². The maximum Gasteiger partial charge on any atom is 0.255 e. The van der Waals surface area contributed by atoms with Crippen LogP contribution in [-0.4, -0.2) is 42.7 Å². The van der Waals surface area contributed by atoms with Gasteiger partial charge in [-0.2, -0.15) is 0 Å². The molecule has 0 atom stereocenters. The zero-order valence-electron chi connectivity index (χ0n) is 12.8. The lowest BCUT2D eigenvalue weighted by atomic mass is 10.1. The number of rotatable bonds is 8. The van der Waals surface area contributed by atoms with Crippen molar-refractivity contribution in [1.82, 2.24) is 4.90 Å². The number of unbranched alkanes of at least 4 members (excludes halogenated alkanes) is 2. The number of hydrogen-bond acceptors (Lipinski definition) is 3. The van der Waals surface area contributed by atoms with Gasteiger partial charge in [0, 0.05) is 32.4 Å². The van der Waals surface area contributed by atoms with Gasteiger partial charge in [0.05, 0.1) is 5.56 Å². The van der Waals surface area contributed by atoms with E-state index in [1.54, 1.807) is 4.90 Å². The SMILES string of the molecule is CCNc1ccc(C)cc1C(=O)N(C)CCCCCO. The molecule has 0 saturated heterocycles. The molecule has 0 saturated carbocycles. The third-order valence-corrected chi connectivity index (χ3v) is 3.27. The van der Waals surface area contributed by atoms with E-state index in [9.17, 15) is 4.79 Å². The van der Waals surface area contributed by atoms with E-state index in [0.717, 1.165) is 49.2 Å². The first kappa shape index (κ1) is 16.5. The summed E-state index contributed by atoms with van der Waals surface area (Å²) in [7, 11) is 1.83. The summed E-state index contributed by atoms with van der Waals surface area (Å²) >= 11 is 0. The predicted molar refractivity (Wildman–Crippen MR) is 83.2 cm³/mol. The second-order valence-electron chi connectivity index (χ2n) is 5.09. The van der Waals surface area contributed by atoms with Crippen LogP contribution in [0.3, 0.4) is 0 Å². The second kappa shape index (κ2) is 8.59. The topological polar surface area (TPSA) is 52.6 Å². The maximum absolute atomic E-state index is 12.5. The molecule has 0 heterocycles. The molecule has 112 valence electrons. The zero-order chi connectivity index (χ0) is 15.0. The molecule has 0 aliphatic carbocycles. The van der Waals surface area contributed by atoms with E-state index in [-0.39, 0.29) is 12.5 Å². The van der Waals surface area contributed by atoms with Gasteiger partial charge in [-0.05, 0) is 45.2 Å². The number of nitrogens with one attached hydrogen (secondary N) is 1. The van der Waals surface area contributed by atoms with Crippen LogP contribution in [0.15, 0.2) is 18.2 Å². The van der Waals surface area contributed by atoms with Gasteiger partial charge < -0.3 is 15.3 Å². The van der Waals surface area contributed by atoms with E-state index in [4.69, 9.17) is 5.11 Å². The lowest BCUT2D eigenvalue weighted by Gasteiger charge is -2.19. The molecule has 1 amide bonds. The van der Waals surface area contributed by atoms with E-state index < -0.39 is 0 Å².